The predicted molar refractivity (Wildman–Crippen MR) is 108 cm³/mol. The summed E-state index contributed by atoms with van der Waals surface area (Å²) in [6.45, 7) is 3.97. The van der Waals surface area contributed by atoms with Crippen LogP contribution in [0, 0.1) is 0 Å². The minimum atomic E-state index is -4.43. The molecule has 30 heavy (non-hydrogen) atoms. The van der Waals surface area contributed by atoms with Crippen molar-refractivity contribution in [1.29, 1.82) is 0 Å². The van der Waals surface area contributed by atoms with Gasteiger partial charge in [0.05, 0.1) is 23.0 Å². The van der Waals surface area contributed by atoms with Crippen LogP contribution in [0.1, 0.15) is 35.8 Å². The van der Waals surface area contributed by atoms with E-state index >= 15 is 0 Å². The number of alkyl halides is 3. The normalized spacial score (nSPS) is 11.9. The fourth-order valence-electron chi connectivity index (χ4n) is 2.93. The van der Waals surface area contributed by atoms with Gasteiger partial charge in [0.15, 0.2) is 10.8 Å². The zero-order valence-electron chi connectivity index (χ0n) is 15.9. The molecule has 0 saturated heterocycles. The van der Waals surface area contributed by atoms with Gasteiger partial charge < -0.3 is 0 Å². The maximum absolute atomic E-state index is 12.9. The molecule has 10 heteroatoms. The van der Waals surface area contributed by atoms with Crippen LogP contribution in [0.2, 0.25) is 0 Å². The van der Waals surface area contributed by atoms with Crippen LogP contribution in [0.25, 0.3) is 22.3 Å². The summed E-state index contributed by atoms with van der Waals surface area (Å²) in [4.78, 5) is 21.1. The summed E-state index contributed by atoms with van der Waals surface area (Å²) < 4.78 is 40.5. The van der Waals surface area contributed by atoms with Crippen LogP contribution >= 0.6 is 11.3 Å². The molecule has 4 aromatic rings. The Morgan fingerprint density at radius 2 is 2.00 bits per heavy atom. The number of aromatic nitrogens is 4. The molecule has 0 spiro atoms. The lowest BCUT2D eigenvalue weighted by molar-refractivity contribution is -0.137. The van der Waals surface area contributed by atoms with Crippen LogP contribution in [0.3, 0.4) is 0 Å². The maximum atomic E-state index is 12.9. The third-order valence-electron chi connectivity index (χ3n) is 4.39. The van der Waals surface area contributed by atoms with Crippen LogP contribution in [0.4, 0.5) is 18.3 Å². The number of thiazole rings is 1. The van der Waals surface area contributed by atoms with Crippen molar-refractivity contribution in [2.45, 2.75) is 26.1 Å². The second kappa shape index (κ2) is 7.52. The van der Waals surface area contributed by atoms with E-state index in [1.165, 1.54) is 12.3 Å². The molecular formula is C20H16F3N5OS. The molecule has 0 bridgehead atoms. The lowest BCUT2D eigenvalue weighted by Crippen LogP contribution is -2.12. The number of hydrogen-bond donors (Lipinski definition) is 1. The lowest BCUT2D eigenvalue weighted by atomic mass is 10.1. The van der Waals surface area contributed by atoms with Crippen LogP contribution < -0.4 is 5.32 Å². The number of amides is 1. The Hall–Kier alpha value is -3.27. The molecular weight excluding hydrogens is 415 g/mol. The number of fused-ring (bicyclic) bond motifs is 1. The number of nitrogens with zero attached hydrogens (tertiary/aromatic N) is 4. The molecule has 0 aliphatic carbocycles. The highest BCUT2D eigenvalue weighted by atomic mass is 32.1. The Labute approximate surface area is 173 Å². The monoisotopic (exact) mass is 431 g/mol. The van der Waals surface area contributed by atoms with Gasteiger partial charge in [-0.25, -0.2) is 14.6 Å². The molecule has 0 unspecified atom stereocenters. The first-order valence-corrected chi connectivity index (χ1v) is 9.88. The Morgan fingerprint density at radius 1 is 1.20 bits per heavy atom. The van der Waals surface area contributed by atoms with Crippen molar-refractivity contribution >= 4 is 33.4 Å². The van der Waals surface area contributed by atoms with E-state index in [0.29, 0.717) is 22.5 Å². The zero-order valence-corrected chi connectivity index (χ0v) is 16.8. The lowest BCUT2D eigenvalue weighted by Gasteiger charge is -2.07. The quantitative estimate of drug-likeness (QED) is 0.469. The van der Waals surface area contributed by atoms with Gasteiger partial charge >= 0.3 is 6.18 Å². The first-order chi connectivity index (χ1) is 14.2. The molecule has 154 valence electrons. The Bertz CT molecular complexity index is 1230. The molecule has 0 aliphatic rings. The van der Waals surface area contributed by atoms with Gasteiger partial charge in [0.25, 0.3) is 5.91 Å². The molecule has 4 rings (SSSR count). The predicted octanol–water partition coefficient (Wildman–Crippen LogP) is 5.41. The Balaban J connectivity index is 1.54. The molecule has 1 amide bonds. The van der Waals surface area contributed by atoms with Crippen molar-refractivity contribution in [1.82, 2.24) is 19.7 Å². The van der Waals surface area contributed by atoms with Crippen molar-refractivity contribution in [3.8, 4) is 11.3 Å². The second-order valence-electron chi connectivity index (χ2n) is 6.89. The van der Waals surface area contributed by atoms with E-state index in [4.69, 9.17) is 0 Å². The summed E-state index contributed by atoms with van der Waals surface area (Å²) in [6.07, 6.45) is -1.33. The number of benzene rings is 1. The van der Waals surface area contributed by atoms with E-state index in [9.17, 15) is 18.0 Å². The first kappa shape index (κ1) is 20.0. The Kier molecular flexibility index (Phi) is 5.02. The second-order valence-corrected chi connectivity index (χ2v) is 7.75. The number of halogens is 3. The van der Waals surface area contributed by atoms with Crippen molar-refractivity contribution < 1.29 is 18.0 Å². The highest BCUT2D eigenvalue weighted by Crippen LogP contribution is 2.33. The minimum Gasteiger partial charge on any atom is -0.298 e. The summed E-state index contributed by atoms with van der Waals surface area (Å²) in [7, 11) is 0. The third-order valence-corrected chi connectivity index (χ3v) is 5.15. The van der Waals surface area contributed by atoms with Gasteiger partial charge in [-0.1, -0.05) is 12.1 Å². The molecule has 1 aromatic carbocycles. The number of hydrogen-bond acceptors (Lipinski definition) is 5. The van der Waals surface area contributed by atoms with Gasteiger partial charge in [-0.2, -0.15) is 18.3 Å². The fraction of sp³-hybridized carbons (Fsp3) is 0.200. The van der Waals surface area contributed by atoms with Gasteiger partial charge in [-0.3, -0.25) is 10.1 Å². The summed E-state index contributed by atoms with van der Waals surface area (Å²) >= 11 is 1.13. The molecule has 1 N–H and O–H groups in total. The standard InChI is InChI=1S/C20H16F3N5OS/c1-11(2)28-17-13(9-25-28)6-14(8-24-17)18(29)27-19-26-16(10-30-19)12-4-3-5-15(7-12)20(21,22)23/h3-11H,1-2H3,(H,26,27,29). The van der Waals surface area contributed by atoms with E-state index in [1.54, 1.807) is 28.4 Å². The van der Waals surface area contributed by atoms with E-state index in [0.717, 1.165) is 28.9 Å². The average molecular weight is 431 g/mol. The van der Waals surface area contributed by atoms with Crippen LogP contribution in [-0.2, 0) is 6.18 Å². The molecule has 3 aromatic heterocycles. The minimum absolute atomic E-state index is 0.138. The van der Waals surface area contributed by atoms with Crippen LogP contribution in [0.5, 0.6) is 0 Å². The average Bonchev–Trinajstić information content (AvgIpc) is 3.33. The summed E-state index contributed by atoms with van der Waals surface area (Å²) in [5, 5.41) is 9.55. The molecule has 0 fully saturated rings. The third kappa shape index (κ3) is 3.90. The molecule has 0 atom stereocenters. The highest BCUT2D eigenvalue weighted by Gasteiger charge is 2.30. The number of carbonyl (C=O) groups excluding carboxylic acids is 1. The number of pyridine rings is 1. The van der Waals surface area contributed by atoms with E-state index in [-0.39, 0.29) is 11.2 Å². The largest absolute Gasteiger partial charge is 0.416 e. The summed E-state index contributed by atoms with van der Waals surface area (Å²) in [5.74, 6) is -0.411. The number of anilines is 1. The highest BCUT2D eigenvalue weighted by molar-refractivity contribution is 7.14. The molecule has 0 radical (unpaired) electrons. The molecule has 0 saturated carbocycles. The SMILES string of the molecule is CC(C)n1ncc2cc(C(=O)Nc3nc(-c4cccc(C(F)(F)F)c4)cs3)cnc21. The first-order valence-electron chi connectivity index (χ1n) is 9.00. The van der Waals surface area contributed by atoms with Crippen molar-refractivity contribution in [3.63, 3.8) is 0 Å². The van der Waals surface area contributed by atoms with Gasteiger partial charge in [0, 0.05) is 28.6 Å². The van der Waals surface area contributed by atoms with E-state index in [2.05, 4.69) is 20.4 Å². The number of nitrogens with one attached hydrogen (secondary N) is 1. The topological polar surface area (TPSA) is 72.7 Å². The van der Waals surface area contributed by atoms with Crippen molar-refractivity contribution in [2.24, 2.45) is 0 Å². The van der Waals surface area contributed by atoms with E-state index in [1.807, 2.05) is 13.8 Å². The summed E-state index contributed by atoms with van der Waals surface area (Å²) in [6, 6.07) is 6.73. The van der Waals surface area contributed by atoms with Gasteiger partial charge in [0.2, 0.25) is 0 Å². The molecule has 0 aliphatic heterocycles. The molecule has 3 heterocycles. The smallest absolute Gasteiger partial charge is 0.298 e. The van der Waals surface area contributed by atoms with Crippen LogP contribution in [-0.4, -0.2) is 25.7 Å². The van der Waals surface area contributed by atoms with Crippen molar-refractivity contribution in [3.05, 3.63) is 59.2 Å². The maximum Gasteiger partial charge on any atom is 0.416 e. The van der Waals surface area contributed by atoms with Gasteiger partial charge in [-0.15, -0.1) is 11.3 Å². The van der Waals surface area contributed by atoms with Crippen molar-refractivity contribution in [2.75, 3.05) is 5.32 Å². The van der Waals surface area contributed by atoms with Gasteiger partial charge in [0.1, 0.15) is 0 Å². The number of carbonyl (C=O) groups is 1. The molecule has 6 nitrogen and oxygen atoms in total. The van der Waals surface area contributed by atoms with Gasteiger partial charge in [-0.05, 0) is 32.0 Å². The summed E-state index contributed by atoms with van der Waals surface area (Å²) in [5.41, 5.74) is 0.947. The van der Waals surface area contributed by atoms with E-state index < -0.39 is 17.6 Å². The fourth-order valence-corrected chi connectivity index (χ4v) is 3.64. The zero-order chi connectivity index (χ0) is 21.5. The van der Waals surface area contributed by atoms with Crippen LogP contribution in [0.15, 0.2) is 48.1 Å². The Morgan fingerprint density at radius 3 is 2.73 bits per heavy atom. The number of rotatable bonds is 4.